The van der Waals surface area contributed by atoms with Gasteiger partial charge < -0.3 is 14.7 Å². The summed E-state index contributed by atoms with van der Waals surface area (Å²) in [6.45, 7) is 8.39. The van der Waals surface area contributed by atoms with Gasteiger partial charge in [0.05, 0.1) is 28.8 Å². The zero-order valence-electron chi connectivity index (χ0n) is 22.6. The van der Waals surface area contributed by atoms with Crippen molar-refractivity contribution in [3.05, 3.63) is 28.6 Å². The Morgan fingerprint density at radius 2 is 1.79 bits per heavy atom. The molecule has 1 aliphatic carbocycles. The van der Waals surface area contributed by atoms with E-state index in [1.807, 2.05) is 10.9 Å². The van der Waals surface area contributed by atoms with Crippen molar-refractivity contribution in [3.8, 4) is 0 Å². The number of fused-ring (bicyclic) bond motifs is 1. The van der Waals surface area contributed by atoms with Gasteiger partial charge in [-0.2, -0.15) is 5.10 Å². The van der Waals surface area contributed by atoms with Crippen molar-refractivity contribution in [2.75, 3.05) is 44.2 Å². The normalized spacial score (nSPS) is 23.3. The Balaban J connectivity index is 1.05. The minimum Gasteiger partial charge on any atom is -0.352 e. The van der Waals surface area contributed by atoms with Crippen LogP contribution in [-0.4, -0.2) is 85.7 Å². The van der Waals surface area contributed by atoms with Crippen LogP contribution in [0.5, 0.6) is 0 Å². The summed E-state index contributed by atoms with van der Waals surface area (Å²) in [6, 6.07) is 0.700. The number of hydrogen-bond acceptors (Lipinski definition) is 8. The van der Waals surface area contributed by atoms with Crippen LogP contribution in [0, 0.1) is 5.92 Å². The second kappa shape index (κ2) is 11.7. The first-order valence-corrected chi connectivity index (χ1v) is 15.4. The lowest BCUT2D eigenvalue weighted by Gasteiger charge is -2.41. The topological polar surface area (TPSA) is 83.3 Å². The summed E-state index contributed by atoms with van der Waals surface area (Å²) in [5.41, 5.74) is 1.87. The van der Waals surface area contributed by atoms with Crippen molar-refractivity contribution < 1.29 is 4.79 Å². The summed E-state index contributed by atoms with van der Waals surface area (Å²) in [5.74, 6) is 1.49. The predicted octanol–water partition coefficient (Wildman–Crippen LogP) is 3.98. The van der Waals surface area contributed by atoms with Crippen molar-refractivity contribution >= 4 is 34.1 Å². The van der Waals surface area contributed by atoms with Gasteiger partial charge in [-0.25, -0.2) is 19.6 Å². The van der Waals surface area contributed by atoms with Crippen LogP contribution in [0.3, 0.4) is 0 Å². The Kier molecular flexibility index (Phi) is 7.87. The summed E-state index contributed by atoms with van der Waals surface area (Å²) < 4.78 is 1.92. The minimum atomic E-state index is 0.204. The molecule has 1 amide bonds. The van der Waals surface area contributed by atoms with Crippen LogP contribution in [0.4, 0.5) is 5.82 Å². The van der Waals surface area contributed by atoms with E-state index in [1.54, 1.807) is 17.7 Å². The number of aromatic nitrogens is 5. The minimum absolute atomic E-state index is 0.204. The van der Waals surface area contributed by atoms with Gasteiger partial charge in [0.15, 0.2) is 5.65 Å². The van der Waals surface area contributed by atoms with E-state index in [-0.39, 0.29) is 5.92 Å². The van der Waals surface area contributed by atoms with Gasteiger partial charge in [-0.05, 0) is 64.5 Å². The molecule has 0 radical (unpaired) electrons. The molecule has 38 heavy (non-hydrogen) atoms. The average molecular weight is 537 g/mol. The zero-order chi connectivity index (χ0) is 25.9. The first-order valence-electron chi connectivity index (χ1n) is 14.6. The van der Waals surface area contributed by atoms with Gasteiger partial charge in [-0.3, -0.25) is 4.79 Å². The van der Waals surface area contributed by atoms with E-state index in [2.05, 4.69) is 42.1 Å². The van der Waals surface area contributed by atoms with Crippen LogP contribution in [0.1, 0.15) is 69.0 Å². The maximum absolute atomic E-state index is 13.4. The lowest BCUT2D eigenvalue weighted by molar-refractivity contribution is -0.137. The third-order valence-electron chi connectivity index (χ3n) is 8.63. The van der Waals surface area contributed by atoms with E-state index in [4.69, 9.17) is 4.98 Å². The fourth-order valence-electron chi connectivity index (χ4n) is 6.52. The Morgan fingerprint density at radius 3 is 2.55 bits per heavy atom. The highest BCUT2D eigenvalue weighted by atomic mass is 32.1. The monoisotopic (exact) mass is 536 g/mol. The van der Waals surface area contributed by atoms with E-state index in [0.29, 0.717) is 18.5 Å². The highest BCUT2D eigenvalue weighted by molar-refractivity contribution is 7.09. The van der Waals surface area contributed by atoms with Crippen LogP contribution in [0.15, 0.2) is 17.9 Å². The highest BCUT2D eigenvalue weighted by Gasteiger charge is 2.33. The molecule has 3 aliphatic rings. The number of thiazole rings is 1. The van der Waals surface area contributed by atoms with Crippen LogP contribution in [0.25, 0.3) is 11.0 Å². The van der Waals surface area contributed by atoms with Gasteiger partial charge in [-0.15, -0.1) is 11.3 Å². The highest BCUT2D eigenvalue weighted by Crippen LogP contribution is 2.31. The van der Waals surface area contributed by atoms with Crippen molar-refractivity contribution in [2.24, 2.45) is 5.92 Å². The molecule has 10 heteroatoms. The predicted molar refractivity (Wildman–Crippen MR) is 150 cm³/mol. The maximum Gasteiger partial charge on any atom is 0.225 e. The van der Waals surface area contributed by atoms with Gasteiger partial charge >= 0.3 is 0 Å². The lowest BCUT2D eigenvalue weighted by atomic mass is 9.83. The van der Waals surface area contributed by atoms with Gasteiger partial charge in [0.1, 0.15) is 12.1 Å². The molecule has 3 fully saturated rings. The number of amides is 1. The third kappa shape index (κ3) is 5.43. The molecule has 0 aromatic carbocycles. The summed E-state index contributed by atoms with van der Waals surface area (Å²) in [7, 11) is 0. The van der Waals surface area contributed by atoms with E-state index in [1.165, 1.54) is 50.2 Å². The number of likely N-dealkylation sites (tertiary alicyclic amines) is 1. The molecular formula is C28H40N8OS. The second-order valence-corrected chi connectivity index (χ2v) is 12.1. The number of carbonyl (C=O) groups is 1. The number of carbonyl (C=O) groups excluding carboxylic acids is 1. The van der Waals surface area contributed by atoms with Crippen LogP contribution in [0.2, 0.25) is 0 Å². The smallest absolute Gasteiger partial charge is 0.225 e. The van der Waals surface area contributed by atoms with Crippen LogP contribution in [-0.2, 0) is 17.8 Å². The number of hydrogen-bond donors (Lipinski definition) is 0. The Morgan fingerprint density at radius 1 is 1.00 bits per heavy atom. The van der Waals surface area contributed by atoms with E-state index in [9.17, 15) is 4.79 Å². The van der Waals surface area contributed by atoms with E-state index in [0.717, 1.165) is 74.4 Å². The molecule has 3 aromatic rings. The molecule has 204 valence electrons. The Hall–Kier alpha value is -2.59. The molecule has 9 nitrogen and oxygen atoms in total. The van der Waals surface area contributed by atoms with Crippen molar-refractivity contribution in [3.63, 3.8) is 0 Å². The van der Waals surface area contributed by atoms with Gasteiger partial charge in [0, 0.05) is 43.5 Å². The molecule has 1 saturated carbocycles. The Labute approximate surface area is 229 Å². The zero-order valence-corrected chi connectivity index (χ0v) is 23.4. The molecule has 0 N–H and O–H groups in total. The van der Waals surface area contributed by atoms with Gasteiger partial charge in [-0.1, -0.05) is 13.3 Å². The molecular weight excluding hydrogens is 496 g/mol. The van der Waals surface area contributed by atoms with Crippen molar-refractivity contribution in [1.82, 2.24) is 34.5 Å². The molecule has 0 spiro atoms. The Bertz CT molecular complexity index is 1220. The van der Waals surface area contributed by atoms with Crippen LogP contribution < -0.4 is 4.90 Å². The fourth-order valence-corrected chi connectivity index (χ4v) is 7.41. The summed E-state index contributed by atoms with van der Waals surface area (Å²) >= 11 is 1.72. The number of piperidine rings is 1. The molecule has 0 bridgehead atoms. The molecule has 0 unspecified atom stereocenters. The number of aryl methyl sites for hydroxylation is 1. The van der Waals surface area contributed by atoms with Gasteiger partial charge in [0.25, 0.3) is 0 Å². The SMILES string of the molecule is CCCc1nc(Cn2ncc3c(N4CCN(C(=O)C5CCC(N6CCCCC6)CC5)CC4)ncnc32)cs1. The molecule has 5 heterocycles. The number of nitrogens with zero attached hydrogens (tertiary/aromatic N) is 8. The standard InChI is InChI=1S/C28H40N8OS/c1-2-6-25-32-22(19-38-25)18-36-27-24(17-31-36)26(29-20-30-27)34-13-15-35(16-14-34)28(37)21-7-9-23(10-8-21)33-11-4-3-5-12-33/h17,19-21,23H,2-16,18H2,1H3. The quantitative estimate of drug-likeness (QED) is 0.452. The summed E-state index contributed by atoms with van der Waals surface area (Å²) in [5, 5.41) is 8.89. The first-order chi connectivity index (χ1) is 18.7. The molecule has 2 saturated heterocycles. The maximum atomic E-state index is 13.4. The molecule has 3 aromatic heterocycles. The fraction of sp³-hybridized carbons (Fsp3) is 0.679. The summed E-state index contributed by atoms with van der Waals surface area (Å²) in [4.78, 5) is 34.4. The number of anilines is 1. The molecule has 0 atom stereocenters. The van der Waals surface area contributed by atoms with Gasteiger partial charge in [0.2, 0.25) is 5.91 Å². The van der Waals surface area contributed by atoms with E-state index < -0.39 is 0 Å². The summed E-state index contributed by atoms with van der Waals surface area (Å²) in [6.07, 6.45) is 14.2. The first kappa shape index (κ1) is 25.7. The third-order valence-corrected chi connectivity index (χ3v) is 9.59. The molecule has 2 aliphatic heterocycles. The van der Waals surface area contributed by atoms with Crippen molar-refractivity contribution in [2.45, 2.75) is 77.3 Å². The lowest BCUT2D eigenvalue weighted by Crippen LogP contribution is -2.51. The average Bonchev–Trinajstić information content (AvgIpc) is 3.60. The van der Waals surface area contributed by atoms with E-state index >= 15 is 0 Å². The molecule has 6 rings (SSSR count). The van der Waals surface area contributed by atoms with Crippen LogP contribution >= 0.6 is 11.3 Å². The largest absolute Gasteiger partial charge is 0.352 e. The number of rotatable bonds is 7. The van der Waals surface area contributed by atoms with Crippen molar-refractivity contribution in [1.29, 1.82) is 0 Å². The second-order valence-electron chi connectivity index (χ2n) is 11.1. The number of piperazine rings is 1.